The van der Waals surface area contributed by atoms with Gasteiger partial charge in [0.25, 0.3) is 0 Å². The highest BCUT2D eigenvalue weighted by atomic mass is 35.5. The molecule has 3 heterocycles. The second kappa shape index (κ2) is 14.0. The van der Waals surface area contributed by atoms with Crippen LogP contribution in [0.25, 0.3) is 0 Å². The van der Waals surface area contributed by atoms with Crippen molar-refractivity contribution in [3.63, 3.8) is 0 Å². The molecule has 3 aromatic rings. The summed E-state index contributed by atoms with van der Waals surface area (Å²) in [5.74, 6) is 1.70. The number of rotatable bonds is 7. The highest BCUT2D eigenvalue weighted by Crippen LogP contribution is 2.40. The third kappa shape index (κ3) is 7.97. The maximum atomic E-state index is 13.0. The molecule has 3 N–H and O–H groups in total. The standard InChI is InChI=1S/C17H17Cl2N5O4S2.C4H10.C2H6/c18-10-7-11(28-9-10)8-20-16-17(23-29-22-16)21-13-4-3-12(19)15(14(13)25)30(26,27)24-5-1-2-6-24;1-4(2)3;1-2/h3-4,7,9,25H,1-2,5-6,8H2,(H,20,22)(H,21,23);4H,1-3H3;1-2H3. The van der Waals surface area contributed by atoms with Gasteiger partial charge >= 0.3 is 0 Å². The first-order valence-electron chi connectivity index (χ1n) is 11.7. The first-order valence-corrected chi connectivity index (χ1v) is 14.6. The lowest BCUT2D eigenvalue weighted by Crippen LogP contribution is -2.28. The van der Waals surface area contributed by atoms with Gasteiger partial charge in [0.2, 0.25) is 10.0 Å². The molecule has 0 atom stereocenters. The van der Waals surface area contributed by atoms with Crippen LogP contribution in [0.3, 0.4) is 0 Å². The molecule has 0 unspecified atom stereocenters. The number of halogens is 2. The number of benzene rings is 1. The number of furan rings is 1. The molecule has 36 heavy (non-hydrogen) atoms. The maximum Gasteiger partial charge on any atom is 0.248 e. The van der Waals surface area contributed by atoms with Crippen molar-refractivity contribution in [1.29, 1.82) is 0 Å². The molecule has 4 rings (SSSR count). The number of sulfonamides is 1. The number of phenolic OH excluding ortho intramolecular Hbond substituents is 1. The van der Waals surface area contributed by atoms with Crippen molar-refractivity contribution >= 4 is 62.3 Å². The Morgan fingerprint density at radius 1 is 1.14 bits per heavy atom. The summed E-state index contributed by atoms with van der Waals surface area (Å²) in [5, 5.41) is 17.1. The second-order valence-corrected chi connectivity index (χ2v) is 11.5. The van der Waals surface area contributed by atoms with Gasteiger partial charge in [-0.1, -0.05) is 57.8 Å². The van der Waals surface area contributed by atoms with Crippen LogP contribution in [-0.2, 0) is 16.6 Å². The number of nitrogens with one attached hydrogen (secondary N) is 2. The molecule has 0 amide bonds. The topological polar surface area (TPSA) is 121 Å². The Balaban J connectivity index is 0.000000694. The van der Waals surface area contributed by atoms with E-state index in [0.29, 0.717) is 42.1 Å². The van der Waals surface area contributed by atoms with E-state index in [2.05, 4.69) is 40.2 Å². The third-order valence-corrected chi connectivity index (χ3v) is 7.67. The molecule has 1 saturated heterocycles. The van der Waals surface area contributed by atoms with Gasteiger partial charge in [0.05, 0.1) is 34.0 Å². The quantitative estimate of drug-likeness (QED) is 0.257. The van der Waals surface area contributed by atoms with E-state index < -0.39 is 15.8 Å². The van der Waals surface area contributed by atoms with Gasteiger partial charge in [0, 0.05) is 19.2 Å². The van der Waals surface area contributed by atoms with E-state index in [4.69, 9.17) is 27.6 Å². The Kier molecular flexibility index (Phi) is 11.8. The molecule has 0 radical (unpaired) electrons. The predicted molar refractivity (Wildman–Crippen MR) is 147 cm³/mol. The zero-order valence-electron chi connectivity index (χ0n) is 21.0. The summed E-state index contributed by atoms with van der Waals surface area (Å²) in [6, 6.07) is 4.57. The predicted octanol–water partition coefficient (Wildman–Crippen LogP) is 6.97. The maximum absolute atomic E-state index is 13.0. The summed E-state index contributed by atoms with van der Waals surface area (Å²) in [5.41, 5.74) is 0.147. The molecule has 200 valence electrons. The minimum Gasteiger partial charge on any atom is -0.504 e. The van der Waals surface area contributed by atoms with E-state index in [1.54, 1.807) is 6.07 Å². The highest BCUT2D eigenvalue weighted by molar-refractivity contribution is 7.89. The number of hydrogen-bond acceptors (Lipinski definition) is 9. The van der Waals surface area contributed by atoms with E-state index in [1.807, 2.05) is 13.8 Å². The van der Waals surface area contributed by atoms with Gasteiger partial charge in [-0.25, -0.2) is 8.42 Å². The van der Waals surface area contributed by atoms with Crippen molar-refractivity contribution in [2.24, 2.45) is 5.92 Å². The summed E-state index contributed by atoms with van der Waals surface area (Å²) in [4.78, 5) is -0.320. The van der Waals surface area contributed by atoms with Crippen LogP contribution in [0.2, 0.25) is 10.0 Å². The Morgan fingerprint density at radius 3 is 2.33 bits per heavy atom. The van der Waals surface area contributed by atoms with Crippen molar-refractivity contribution in [1.82, 2.24) is 13.1 Å². The lowest BCUT2D eigenvalue weighted by atomic mass is 10.3. The lowest BCUT2D eigenvalue weighted by Gasteiger charge is -2.19. The van der Waals surface area contributed by atoms with Gasteiger partial charge in [0.15, 0.2) is 17.4 Å². The molecule has 1 fully saturated rings. The number of anilines is 3. The fourth-order valence-corrected chi connectivity index (χ4v) is 5.85. The van der Waals surface area contributed by atoms with E-state index in [0.717, 1.165) is 30.5 Å². The fraction of sp³-hybridized carbons (Fsp3) is 0.478. The van der Waals surface area contributed by atoms with Crippen molar-refractivity contribution in [2.45, 2.75) is 58.9 Å². The SMILES string of the molecule is CC.CC(C)C.O=S(=O)(c1c(Cl)ccc(Nc2nsnc2NCc2cc(Cl)co2)c1O)N1CCCC1. The molecule has 0 spiro atoms. The normalized spacial score (nSPS) is 13.6. The van der Waals surface area contributed by atoms with Gasteiger partial charge in [-0.3, -0.25) is 0 Å². The Labute approximate surface area is 227 Å². The first kappa shape index (κ1) is 30.2. The second-order valence-electron chi connectivity index (χ2n) is 8.29. The number of phenols is 1. The zero-order chi connectivity index (χ0) is 26.9. The third-order valence-electron chi connectivity index (χ3n) is 4.54. The van der Waals surface area contributed by atoms with Crippen molar-refractivity contribution < 1.29 is 17.9 Å². The van der Waals surface area contributed by atoms with Gasteiger partial charge in [-0.2, -0.15) is 13.1 Å². The largest absolute Gasteiger partial charge is 0.504 e. The molecule has 0 saturated carbocycles. The smallest absolute Gasteiger partial charge is 0.248 e. The van der Waals surface area contributed by atoms with Crippen LogP contribution in [0.1, 0.15) is 53.2 Å². The van der Waals surface area contributed by atoms with Crippen molar-refractivity contribution in [2.75, 3.05) is 23.7 Å². The van der Waals surface area contributed by atoms with E-state index >= 15 is 0 Å². The van der Waals surface area contributed by atoms with E-state index in [9.17, 15) is 13.5 Å². The van der Waals surface area contributed by atoms with Gasteiger partial charge in [-0.05, 0) is 30.9 Å². The van der Waals surface area contributed by atoms with Crippen LogP contribution < -0.4 is 10.6 Å². The molecule has 9 nitrogen and oxygen atoms in total. The van der Waals surface area contributed by atoms with Crippen molar-refractivity contribution in [3.05, 3.63) is 40.3 Å². The Hall–Kier alpha value is -2.05. The summed E-state index contributed by atoms with van der Waals surface area (Å²) in [6.45, 7) is 11.6. The molecule has 1 aliphatic rings. The summed E-state index contributed by atoms with van der Waals surface area (Å²) in [7, 11) is -3.92. The molecule has 0 bridgehead atoms. The van der Waals surface area contributed by atoms with Crippen LogP contribution in [-0.4, -0.2) is 39.7 Å². The molecular weight excluding hydrogens is 545 g/mol. The van der Waals surface area contributed by atoms with Gasteiger partial charge < -0.3 is 20.2 Å². The first-order chi connectivity index (χ1) is 17.1. The monoisotopic (exact) mass is 577 g/mol. The number of hydrogen-bond donors (Lipinski definition) is 3. The minimum absolute atomic E-state index is 0.0469. The van der Waals surface area contributed by atoms with Gasteiger partial charge in [-0.15, -0.1) is 0 Å². The fourth-order valence-electron chi connectivity index (χ4n) is 3.08. The lowest BCUT2D eigenvalue weighted by molar-refractivity contribution is 0.445. The van der Waals surface area contributed by atoms with Crippen LogP contribution in [0.15, 0.2) is 33.8 Å². The summed E-state index contributed by atoms with van der Waals surface area (Å²) < 4.78 is 40.8. The average Bonchev–Trinajstić information content (AvgIpc) is 3.58. The molecule has 13 heteroatoms. The summed E-state index contributed by atoms with van der Waals surface area (Å²) >= 11 is 12.9. The molecule has 0 aliphatic carbocycles. The zero-order valence-corrected chi connectivity index (χ0v) is 24.2. The minimum atomic E-state index is -3.92. The molecular formula is C23H33Cl2N5O4S2. The van der Waals surface area contributed by atoms with E-state index in [1.165, 1.54) is 22.7 Å². The number of aromatic nitrogens is 2. The van der Waals surface area contributed by atoms with Gasteiger partial charge in [0.1, 0.15) is 16.9 Å². The number of nitrogens with zero attached hydrogens (tertiary/aromatic N) is 3. The van der Waals surface area contributed by atoms with Crippen LogP contribution in [0.4, 0.5) is 17.3 Å². The van der Waals surface area contributed by atoms with Crippen LogP contribution in [0, 0.1) is 5.92 Å². The van der Waals surface area contributed by atoms with Crippen LogP contribution >= 0.6 is 34.9 Å². The highest BCUT2D eigenvalue weighted by Gasteiger charge is 2.33. The number of aromatic hydroxyl groups is 1. The molecule has 2 aromatic heterocycles. The Morgan fingerprint density at radius 2 is 1.75 bits per heavy atom. The van der Waals surface area contributed by atoms with Crippen LogP contribution in [0.5, 0.6) is 5.75 Å². The Bertz CT molecular complexity index is 1210. The molecule has 1 aliphatic heterocycles. The molecule has 1 aromatic carbocycles. The van der Waals surface area contributed by atoms with E-state index in [-0.39, 0.29) is 15.6 Å². The average molecular weight is 579 g/mol. The van der Waals surface area contributed by atoms with Crippen molar-refractivity contribution in [3.8, 4) is 5.75 Å². The summed E-state index contributed by atoms with van der Waals surface area (Å²) in [6.07, 6.45) is 2.97.